The summed E-state index contributed by atoms with van der Waals surface area (Å²) in [6.07, 6.45) is 6.03. The summed E-state index contributed by atoms with van der Waals surface area (Å²) in [5, 5.41) is 7.64. The van der Waals surface area contributed by atoms with Crippen molar-refractivity contribution in [1.82, 2.24) is 25.2 Å². The number of anilines is 4. The molecule has 0 radical (unpaired) electrons. The van der Waals surface area contributed by atoms with E-state index >= 15 is 0 Å². The number of sulfone groups is 1. The van der Waals surface area contributed by atoms with Gasteiger partial charge in [-0.15, -0.1) is 0 Å². The van der Waals surface area contributed by atoms with E-state index in [2.05, 4.69) is 64.4 Å². The molecule has 0 aliphatic carbocycles. The molecule has 2 aromatic heterocycles. The van der Waals surface area contributed by atoms with Gasteiger partial charge in [-0.25, -0.2) is 18.4 Å². The first kappa shape index (κ1) is 39.4. The van der Waals surface area contributed by atoms with Crippen LogP contribution in [0.3, 0.4) is 0 Å². The predicted molar refractivity (Wildman–Crippen MR) is 219 cm³/mol. The van der Waals surface area contributed by atoms with Gasteiger partial charge in [-0.1, -0.05) is 26.0 Å². The number of nitrogens with zero attached hydrogens (tertiary/aromatic N) is 6. The zero-order chi connectivity index (χ0) is 40.9. The Bertz CT molecular complexity index is 2420. The van der Waals surface area contributed by atoms with Crippen molar-refractivity contribution in [2.45, 2.75) is 77.0 Å². The monoisotopic (exact) mass is 808 g/mol. The van der Waals surface area contributed by atoms with Gasteiger partial charge in [-0.3, -0.25) is 29.4 Å². The minimum Gasteiger partial charge on any atom is -0.381 e. The molecule has 2 aromatic carbocycles. The number of pyridine rings is 1. The summed E-state index contributed by atoms with van der Waals surface area (Å²) in [5.41, 5.74) is 3.10. The minimum absolute atomic E-state index is 0.0238. The molecule has 0 spiro atoms. The molecule has 16 heteroatoms. The van der Waals surface area contributed by atoms with Crippen LogP contribution in [0.5, 0.6) is 0 Å². The Labute approximate surface area is 337 Å². The van der Waals surface area contributed by atoms with Crippen molar-refractivity contribution in [3.05, 3.63) is 77.1 Å². The van der Waals surface area contributed by atoms with Gasteiger partial charge in [0, 0.05) is 68.6 Å². The number of imide groups is 2. The van der Waals surface area contributed by atoms with E-state index < -0.39 is 39.5 Å². The van der Waals surface area contributed by atoms with E-state index in [1.54, 1.807) is 25.4 Å². The number of aromatic nitrogens is 3. The van der Waals surface area contributed by atoms with Crippen LogP contribution in [0.1, 0.15) is 84.2 Å². The molecule has 6 heterocycles. The minimum atomic E-state index is -3.48. The van der Waals surface area contributed by atoms with Gasteiger partial charge in [0.25, 0.3) is 11.8 Å². The van der Waals surface area contributed by atoms with Crippen molar-refractivity contribution in [3.8, 4) is 0 Å². The summed E-state index contributed by atoms with van der Waals surface area (Å²) < 4.78 is 32.5. The van der Waals surface area contributed by atoms with E-state index in [1.165, 1.54) is 11.6 Å². The number of carbonyl (C=O) groups is 4. The molecule has 8 rings (SSSR count). The molecule has 3 fully saturated rings. The van der Waals surface area contributed by atoms with Gasteiger partial charge in [-0.2, -0.15) is 4.98 Å². The Morgan fingerprint density at radius 1 is 0.931 bits per heavy atom. The highest BCUT2D eigenvalue weighted by Gasteiger charge is 2.45. The molecule has 4 aromatic rings. The smallest absolute Gasteiger partial charge is 0.262 e. The first-order valence-corrected chi connectivity index (χ1v) is 21.7. The third-order valence-electron chi connectivity index (χ3n) is 12.1. The molecule has 4 aliphatic rings. The second-order valence-corrected chi connectivity index (χ2v) is 18.3. The van der Waals surface area contributed by atoms with Crippen LogP contribution in [0, 0.1) is 5.92 Å². The van der Waals surface area contributed by atoms with E-state index in [0.29, 0.717) is 29.7 Å². The molecule has 2 N–H and O–H groups in total. The van der Waals surface area contributed by atoms with Crippen LogP contribution >= 0.6 is 0 Å². The number of aryl methyl sites for hydroxylation is 1. The average molecular weight is 809 g/mol. The van der Waals surface area contributed by atoms with Crippen LogP contribution < -0.4 is 20.4 Å². The Kier molecular flexibility index (Phi) is 10.7. The van der Waals surface area contributed by atoms with Crippen molar-refractivity contribution in [1.29, 1.82) is 0 Å². The number of hydrogen-bond acceptors (Lipinski definition) is 13. The molecular weight excluding hydrogens is 761 g/mol. The number of piperidine rings is 2. The quantitative estimate of drug-likeness (QED) is 0.192. The second kappa shape index (κ2) is 15.7. The Hall–Kier alpha value is -5.48. The van der Waals surface area contributed by atoms with Crippen LogP contribution in [0.15, 0.2) is 54.9 Å². The number of benzene rings is 2. The SMILES string of the molecule is COC1CCN(c2nccc(Nc3cc4c(C(C)C)ccc(N5C[C@H](CS(=O)(=O)CCc6ccc7c(c6)C(=O)N(C6CCC(=O)NC6=O)C7=O)[C@H]5C)c4cn3)n2)CC1. The molecular formula is C42H48N8O7S. The number of amides is 4. The molecule has 3 atom stereocenters. The van der Waals surface area contributed by atoms with Crippen LogP contribution in [-0.4, -0.2) is 108 Å². The van der Waals surface area contributed by atoms with E-state index in [9.17, 15) is 27.6 Å². The fourth-order valence-electron chi connectivity index (χ4n) is 8.62. The highest BCUT2D eigenvalue weighted by molar-refractivity contribution is 7.91. The fourth-order valence-corrected chi connectivity index (χ4v) is 10.4. The summed E-state index contributed by atoms with van der Waals surface area (Å²) >= 11 is 0. The van der Waals surface area contributed by atoms with Gasteiger partial charge in [0.15, 0.2) is 9.84 Å². The Balaban J connectivity index is 0.915. The maximum absolute atomic E-state index is 13.5. The van der Waals surface area contributed by atoms with Gasteiger partial charge < -0.3 is 19.9 Å². The Morgan fingerprint density at radius 3 is 2.43 bits per heavy atom. The second-order valence-electron chi connectivity index (χ2n) is 16.1. The van der Waals surface area contributed by atoms with E-state index in [0.717, 1.165) is 47.3 Å². The van der Waals surface area contributed by atoms with Gasteiger partial charge >= 0.3 is 0 Å². The average Bonchev–Trinajstić information content (AvgIpc) is 3.46. The third kappa shape index (κ3) is 7.62. The van der Waals surface area contributed by atoms with E-state index in [4.69, 9.17) is 14.7 Å². The summed E-state index contributed by atoms with van der Waals surface area (Å²) in [6.45, 7) is 8.61. The number of nitrogens with one attached hydrogen (secondary N) is 2. The maximum Gasteiger partial charge on any atom is 0.262 e. The zero-order valence-corrected chi connectivity index (χ0v) is 33.9. The number of methoxy groups -OCH3 is 1. The van der Waals surface area contributed by atoms with Gasteiger partial charge in [-0.05, 0) is 85.4 Å². The summed E-state index contributed by atoms with van der Waals surface area (Å²) in [5.74, 6) is -0.241. The fraction of sp³-hybridized carbons (Fsp3) is 0.452. The van der Waals surface area contributed by atoms with Crippen molar-refractivity contribution < 1.29 is 32.3 Å². The van der Waals surface area contributed by atoms with Crippen molar-refractivity contribution in [3.63, 3.8) is 0 Å². The number of carbonyl (C=O) groups excluding carboxylic acids is 4. The zero-order valence-electron chi connectivity index (χ0n) is 33.1. The van der Waals surface area contributed by atoms with Crippen molar-refractivity contribution in [2.24, 2.45) is 5.92 Å². The third-order valence-corrected chi connectivity index (χ3v) is 13.8. The lowest BCUT2D eigenvalue weighted by Gasteiger charge is -2.48. The molecule has 304 valence electrons. The van der Waals surface area contributed by atoms with Crippen LogP contribution in [0.4, 0.5) is 23.3 Å². The lowest BCUT2D eigenvalue weighted by molar-refractivity contribution is -0.136. The molecule has 3 saturated heterocycles. The molecule has 0 bridgehead atoms. The van der Waals surface area contributed by atoms with Crippen LogP contribution in [0.2, 0.25) is 0 Å². The standard InChI is InChI=1S/C42H48N8O7S/c1-24(2)29-7-8-34(33-21-44-37(20-31(29)33)45-36-11-15-43-42(46-36)48-16-12-28(57-4)13-17-48)49-22-27(25(49)3)23-58(55,56)18-14-26-5-6-30-32(19-26)41(54)50(40(30)53)35-9-10-38(51)47-39(35)52/h5-8,11,15,19-21,24-25,27-28,35H,9-10,12-14,16-18,22-23H2,1-4H3,(H,47,51,52)(H,43,44,45,46)/t25-,27-,35?/m1/s1. The van der Waals surface area contributed by atoms with E-state index in [1.807, 2.05) is 12.3 Å². The molecule has 1 unspecified atom stereocenters. The Morgan fingerprint density at radius 2 is 1.71 bits per heavy atom. The van der Waals surface area contributed by atoms with Gasteiger partial charge in [0.1, 0.15) is 17.7 Å². The molecule has 0 saturated carbocycles. The number of rotatable bonds is 12. The van der Waals surface area contributed by atoms with Crippen LogP contribution in [-0.2, 0) is 30.6 Å². The lowest BCUT2D eigenvalue weighted by Crippen LogP contribution is -2.57. The van der Waals surface area contributed by atoms with Crippen LogP contribution in [0.25, 0.3) is 10.8 Å². The highest BCUT2D eigenvalue weighted by Crippen LogP contribution is 2.40. The normalized spacial score (nSPS) is 21.5. The maximum atomic E-state index is 13.5. The summed E-state index contributed by atoms with van der Waals surface area (Å²) in [7, 11) is -1.73. The molecule has 4 amide bonds. The molecule has 58 heavy (non-hydrogen) atoms. The van der Waals surface area contributed by atoms with Crippen molar-refractivity contribution >= 4 is 67.5 Å². The number of fused-ring (bicyclic) bond motifs is 2. The molecule has 15 nitrogen and oxygen atoms in total. The first-order valence-electron chi connectivity index (χ1n) is 19.9. The number of hydrogen-bond donors (Lipinski definition) is 2. The summed E-state index contributed by atoms with van der Waals surface area (Å²) in [6, 6.07) is 11.8. The molecule has 4 aliphatic heterocycles. The van der Waals surface area contributed by atoms with Crippen molar-refractivity contribution in [2.75, 3.05) is 53.4 Å². The predicted octanol–water partition coefficient (Wildman–Crippen LogP) is 4.39. The van der Waals surface area contributed by atoms with E-state index in [-0.39, 0.29) is 65.9 Å². The van der Waals surface area contributed by atoms with Gasteiger partial charge in [0.05, 0.1) is 28.7 Å². The summed E-state index contributed by atoms with van der Waals surface area (Å²) in [4.78, 5) is 69.8. The number of ether oxygens (including phenoxy) is 1. The highest BCUT2D eigenvalue weighted by atomic mass is 32.2. The topological polar surface area (TPSA) is 184 Å². The van der Waals surface area contributed by atoms with Gasteiger partial charge in [0.2, 0.25) is 17.8 Å². The lowest BCUT2D eigenvalue weighted by atomic mass is 9.88. The largest absolute Gasteiger partial charge is 0.381 e. The first-order chi connectivity index (χ1) is 27.8.